The molecule has 0 bridgehead atoms. The number of nitro groups is 1. The average Bonchev–Trinajstić information content (AvgIpc) is 3.02. The zero-order valence-electron chi connectivity index (χ0n) is 14.6. The third-order valence-electron chi connectivity index (χ3n) is 4.53. The fourth-order valence-corrected chi connectivity index (χ4v) is 4.09. The van der Waals surface area contributed by atoms with Gasteiger partial charge in [0.1, 0.15) is 17.4 Å². The van der Waals surface area contributed by atoms with E-state index in [-0.39, 0.29) is 18.0 Å². The third-order valence-corrected chi connectivity index (χ3v) is 5.62. The van der Waals surface area contributed by atoms with Gasteiger partial charge in [0.25, 0.3) is 5.69 Å². The number of aryl methyl sites for hydroxylation is 1. The molecule has 0 fully saturated rings. The molecule has 0 amide bonds. The number of fused-ring (bicyclic) bond motifs is 1. The number of benzene rings is 1. The van der Waals surface area contributed by atoms with Gasteiger partial charge in [-0.2, -0.15) is 0 Å². The van der Waals surface area contributed by atoms with Crippen LogP contribution in [0.2, 0.25) is 0 Å². The summed E-state index contributed by atoms with van der Waals surface area (Å²) in [5.74, 6) is 1.53. The predicted molar refractivity (Wildman–Crippen MR) is 96.4 cm³/mol. The second kappa shape index (κ2) is 7.82. The number of ether oxygens (including phenoxy) is 2. The van der Waals surface area contributed by atoms with E-state index in [9.17, 15) is 14.9 Å². The maximum absolute atomic E-state index is 11.8. The van der Waals surface area contributed by atoms with Crippen molar-refractivity contribution in [3.05, 3.63) is 50.0 Å². The van der Waals surface area contributed by atoms with E-state index in [2.05, 4.69) is 18.8 Å². The van der Waals surface area contributed by atoms with E-state index >= 15 is 0 Å². The van der Waals surface area contributed by atoms with Gasteiger partial charge in [0.15, 0.2) is 0 Å². The molecule has 1 aliphatic rings. The lowest BCUT2D eigenvalue weighted by molar-refractivity contribution is -0.384. The quantitative estimate of drug-likeness (QED) is 0.329. The number of hydrogen-bond donors (Lipinski definition) is 0. The Bertz CT molecular complexity index is 800. The largest absolute Gasteiger partial charge is 0.514 e. The van der Waals surface area contributed by atoms with Crippen LogP contribution in [0.25, 0.3) is 0 Å². The highest BCUT2D eigenvalue weighted by Gasteiger charge is 2.24. The van der Waals surface area contributed by atoms with Crippen LogP contribution in [0.1, 0.15) is 35.8 Å². The summed E-state index contributed by atoms with van der Waals surface area (Å²) in [5.41, 5.74) is 1.05. The fourth-order valence-electron chi connectivity index (χ4n) is 2.97. The highest BCUT2D eigenvalue weighted by Crippen LogP contribution is 2.33. The molecule has 26 heavy (non-hydrogen) atoms. The summed E-state index contributed by atoms with van der Waals surface area (Å²) in [6.07, 6.45) is 2.31. The molecular formula is C18H20N2O5S. The number of carbonyl (C=O) groups is 1. The Kier molecular flexibility index (Phi) is 5.51. The van der Waals surface area contributed by atoms with Crippen molar-refractivity contribution in [2.45, 2.75) is 39.7 Å². The van der Waals surface area contributed by atoms with E-state index in [0.717, 1.165) is 30.0 Å². The molecule has 0 saturated heterocycles. The molecule has 0 aliphatic heterocycles. The number of aromatic nitrogens is 1. The van der Waals surface area contributed by atoms with E-state index in [1.54, 1.807) is 11.3 Å². The van der Waals surface area contributed by atoms with Gasteiger partial charge in [0.2, 0.25) is 0 Å². The normalized spacial score (nSPS) is 16.2. The SMILES string of the molecule is CC(C)C1CCc2nc(COC(=O)Oc3ccc([N+](=O)[O-])cc3)sc2C1. The predicted octanol–water partition coefficient (Wildman–Crippen LogP) is 4.53. The summed E-state index contributed by atoms with van der Waals surface area (Å²) in [7, 11) is 0. The average molecular weight is 376 g/mol. The zero-order chi connectivity index (χ0) is 18.7. The molecule has 1 aliphatic carbocycles. The van der Waals surface area contributed by atoms with E-state index in [1.807, 2.05) is 0 Å². The van der Waals surface area contributed by atoms with Crippen LogP contribution in [0, 0.1) is 22.0 Å². The Labute approximate surface area is 155 Å². The Hall–Kier alpha value is -2.48. The van der Waals surface area contributed by atoms with Gasteiger partial charge in [-0.3, -0.25) is 10.1 Å². The summed E-state index contributed by atoms with van der Waals surface area (Å²) in [6.45, 7) is 4.56. The monoisotopic (exact) mass is 376 g/mol. The molecule has 1 aromatic heterocycles. The van der Waals surface area contributed by atoms with Crippen molar-refractivity contribution in [3.63, 3.8) is 0 Å². The van der Waals surface area contributed by atoms with E-state index < -0.39 is 11.1 Å². The highest BCUT2D eigenvalue weighted by atomic mass is 32.1. The molecule has 0 N–H and O–H groups in total. The van der Waals surface area contributed by atoms with Gasteiger partial charge >= 0.3 is 6.16 Å². The summed E-state index contributed by atoms with van der Waals surface area (Å²) in [4.78, 5) is 27.7. The first-order valence-electron chi connectivity index (χ1n) is 8.49. The van der Waals surface area contributed by atoms with Crippen LogP contribution >= 0.6 is 11.3 Å². The van der Waals surface area contributed by atoms with Crippen LogP contribution in [0.15, 0.2) is 24.3 Å². The minimum Gasteiger partial charge on any atom is -0.427 e. The molecule has 0 radical (unpaired) electrons. The molecule has 3 rings (SSSR count). The van der Waals surface area contributed by atoms with Crippen LogP contribution in [-0.4, -0.2) is 16.1 Å². The lowest BCUT2D eigenvalue weighted by atomic mass is 9.83. The minimum absolute atomic E-state index is 0.0653. The van der Waals surface area contributed by atoms with E-state index in [4.69, 9.17) is 9.47 Å². The molecular weight excluding hydrogens is 356 g/mol. The van der Waals surface area contributed by atoms with E-state index in [1.165, 1.54) is 29.1 Å². The molecule has 0 saturated carbocycles. The lowest BCUT2D eigenvalue weighted by Gasteiger charge is -2.24. The van der Waals surface area contributed by atoms with Crippen LogP contribution in [0.4, 0.5) is 10.5 Å². The van der Waals surface area contributed by atoms with Crippen LogP contribution < -0.4 is 4.74 Å². The van der Waals surface area contributed by atoms with Crippen molar-refractivity contribution in [1.82, 2.24) is 4.98 Å². The molecule has 1 unspecified atom stereocenters. The molecule has 2 aromatic rings. The Morgan fingerprint density at radius 3 is 2.77 bits per heavy atom. The number of carbonyl (C=O) groups excluding carboxylic acids is 1. The van der Waals surface area contributed by atoms with Crippen molar-refractivity contribution in [2.24, 2.45) is 11.8 Å². The second-order valence-electron chi connectivity index (χ2n) is 6.62. The van der Waals surface area contributed by atoms with Crippen molar-refractivity contribution in [2.75, 3.05) is 0 Å². The van der Waals surface area contributed by atoms with Gasteiger partial charge in [-0.1, -0.05) is 13.8 Å². The standard InChI is InChI=1S/C18H20N2O5S/c1-11(2)12-3-8-15-16(9-12)26-17(19-15)10-24-18(21)25-14-6-4-13(5-7-14)20(22)23/h4-7,11-12H,3,8-10H2,1-2H3. The maximum atomic E-state index is 11.8. The van der Waals surface area contributed by atoms with Gasteiger partial charge in [-0.15, -0.1) is 11.3 Å². The zero-order valence-corrected chi connectivity index (χ0v) is 15.5. The second-order valence-corrected chi connectivity index (χ2v) is 7.78. The summed E-state index contributed by atoms with van der Waals surface area (Å²) in [5, 5.41) is 11.4. The number of nitro benzene ring substituents is 1. The Morgan fingerprint density at radius 2 is 2.12 bits per heavy atom. The van der Waals surface area contributed by atoms with Crippen molar-refractivity contribution in [3.8, 4) is 5.75 Å². The fraction of sp³-hybridized carbons (Fsp3) is 0.444. The smallest absolute Gasteiger partial charge is 0.427 e. The number of hydrogen-bond acceptors (Lipinski definition) is 7. The topological polar surface area (TPSA) is 91.6 Å². The summed E-state index contributed by atoms with van der Waals surface area (Å²) >= 11 is 1.59. The first kappa shape index (κ1) is 18.3. The van der Waals surface area contributed by atoms with Crippen LogP contribution in [0.5, 0.6) is 5.75 Å². The Morgan fingerprint density at radius 1 is 1.38 bits per heavy atom. The highest BCUT2D eigenvalue weighted by molar-refractivity contribution is 7.11. The third kappa shape index (κ3) is 4.37. The maximum Gasteiger partial charge on any atom is 0.514 e. The van der Waals surface area contributed by atoms with Crippen LogP contribution in [0.3, 0.4) is 0 Å². The number of rotatable bonds is 5. The summed E-state index contributed by atoms with van der Waals surface area (Å²) in [6, 6.07) is 5.24. The van der Waals surface area contributed by atoms with E-state index in [0.29, 0.717) is 11.8 Å². The molecule has 0 spiro atoms. The van der Waals surface area contributed by atoms with Crippen molar-refractivity contribution >= 4 is 23.2 Å². The van der Waals surface area contributed by atoms with Crippen molar-refractivity contribution < 1.29 is 19.2 Å². The van der Waals surface area contributed by atoms with Gasteiger partial charge in [0, 0.05) is 17.0 Å². The lowest BCUT2D eigenvalue weighted by Crippen LogP contribution is -2.17. The molecule has 1 heterocycles. The minimum atomic E-state index is -0.855. The van der Waals surface area contributed by atoms with Gasteiger partial charge < -0.3 is 9.47 Å². The molecule has 1 aromatic carbocycles. The van der Waals surface area contributed by atoms with Gasteiger partial charge in [-0.05, 0) is 43.2 Å². The summed E-state index contributed by atoms with van der Waals surface area (Å²) < 4.78 is 10.1. The first-order valence-corrected chi connectivity index (χ1v) is 9.30. The Balaban J connectivity index is 1.53. The number of nitrogens with zero attached hydrogens (tertiary/aromatic N) is 2. The number of non-ortho nitro benzene ring substituents is 1. The van der Waals surface area contributed by atoms with Gasteiger partial charge in [-0.25, -0.2) is 9.78 Å². The molecule has 138 valence electrons. The van der Waals surface area contributed by atoms with Crippen LogP contribution in [-0.2, 0) is 24.2 Å². The van der Waals surface area contributed by atoms with Gasteiger partial charge in [0.05, 0.1) is 10.6 Å². The first-order chi connectivity index (χ1) is 12.4. The number of thiazole rings is 1. The molecule has 8 heteroatoms. The molecule has 1 atom stereocenters. The van der Waals surface area contributed by atoms with Crippen molar-refractivity contribution in [1.29, 1.82) is 0 Å². The molecule has 7 nitrogen and oxygen atoms in total.